The lowest BCUT2D eigenvalue weighted by atomic mass is 9.94. The number of nitrogens with one attached hydrogen (secondary N) is 1. The largest absolute Gasteiger partial charge is 0.396 e. The molecule has 1 saturated heterocycles. The highest BCUT2D eigenvalue weighted by Gasteiger charge is 2.34. The molecule has 2 aromatic heterocycles. The number of nitriles is 1. The van der Waals surface area contributed by atoms with Gasteiger partial charge in [-0.2, -0.15) is 5.26 Å². The van der Waals surface area contributed by atoms with E-state index < -0.39 is 32.9 Å². The third kappa shape index (κ3) is 5.28. The first kappa shape index (κ1) is 33.3. The van der Waals surface area contributed by atoms with Gasteiger partial charge in [0.15, 0.2) is 11.6 Å². The highest BCUT2D eigenvalue weighted by Crippen LogP contribution is 2.45. The summed E-state index contributed by atoms with van der Waals surface area (Å²) in [7, 11) is 0. The van der Waals surface area contributed by atoms with Crippen molar-refractivity contribution in [3.8, 4) is 17.3 Å². The van der Waals surface area contributed by atoms with E-state index in [-0.39, 0.29) is 70.2 Å². The fourth-order valence-electron chi connectivity index (χ4n) is 6.09. The van der Waals surface area contributed by atoms with Crippen LogP contribution >= 0.6 is 34.8 Å². The number of carbonyl (C=O) groups is 1. The van der Waals surface area contributed by atoms with Crippen LogP contribution in [0.3, 0.4) is 0 Å². The molecule has 4 heterocycles. The van der Waals surface area contributed by atoms with Crippen LogP contribution in [0.5, 0.6) is 0 Å². The summed E-state index contributed by atoms with van der Waals surface area (Å²) in [5.41, 5.74) is 5.70. The topological polar surface area (TPSA) is 120 Å². The molecule has 46 heavy (non-hydrogen) atoms. The van der Waals surface area contributed by atoms with Crippen molar-refractivity contribution in [3.63, 3.8) is 0 Å². The normalized spacial score (nSPS) is 18.3. The maximum atomic E-state index is 15.0. The average molecular weight is 689 g/mol. The van der Waals surface area contributed by atoms with Crippen molar-refractivity contribution in [2.75, 3.05) is 30.3 Å². The number of aromatic nitrogens is 2. The third-order valence-corrected chi connectivity index (χ3v) is 9.32. The number of allylic oxidation sites excluding steroid dienone is 2. The van der Waals surface area contributed by atoms with Gasteiger partial charge in [-0.05, 0) is 49.8 Å². The minimum Gasteiger partial charge on any atom is -0.396 e. The standard InChI is InChI=1S/C32H30Cl3F2N7O2/c1-6-20(45)43-10-9-42(13-16(43)5)30-17-11-19(33)28(21-22(34)24(36)23(35)25(37)26(21)39)41-31(17)44(32(46)18(30)12-38)29-15(4)7-8-40-27(29)14(2)3/h6-8,11,14,16,27,40H,1,9-10,13,39H2,2-5H3/t16-,27?/m1/s1. The van der Waals surface area contributed by atoms with Crippen molar-refractivity contribution in [1.82, 2.24) is 19.8 Å². The van der Waals surface area contributed by atoms with E-state index in [1.165, 1.54) is 16.7 Å². The van der Waals surface area contributed by atoms with E-state index in [1.54, 1.807) is 17.2 Å². The molecule has 2 aliphatic heterocycles. The zero-order valence-corrected chi connectivity index (χ0v) is 27.7. The molecule has 1 fully saturated rings. The van der Waals surface area contributed by atoms with Gasteiger partial charge in [0.25, 0.3) is 5.56 Å². The Balaban J connectivity index is 1.91. The number of benzene rings is 1. The summed E-state index contributed by atoms with van der Waals surface area (Å²) in [6.07, 6.45) is 4.80. The van der Waals surface area contributed by atoms with Crippen molar-refractivity contribution < 1.29 is 13.6 Å². The molecule has 2 aliphatic rings. The molecule has 0 saturated carbocycles. The zero-order chi connectivity index (χ0) is 33.8. The number of nitrogens with zero attached hydrogens (tertiary/aromatic N) is 5. The lowest BCUT2D eigenvalue weighted by Crippen LogP contribution is -2.54. The van der Waals surface area contributed by atoms with E-state index >= 15 is 0 Å². The lowest BCUT2D eigenvalue weighted by Gasteiger charge is -2.41. The fraction of sp³-hybridized carbons (Fsp3) is 0.312. The Bertz CT molecular complexity index is 1950. The number of nitrogens with two attached hydrogens (primary N) is 1. The molecule has 1 unspecified atom stereocenters. The van der Waals surface area contributed by atoms with Gasteiger partial charge in [0, 0.05) is 36.6 Å². The average Bonchev–Trinajstić information content (AvgIpc) is 3.02. The first-order valence-electron chi connectivity index (χ1n) is 14.4. The number of fused-ring (bicyclic) bond motifs is 1. The molecule has 5 rings (SSSR count). The van der Waals surface area contributed by atoms with Crippen LogP contribution in [-0.4, -0.2) is 52.1 Å². The van der Waals surface area contributed by atoms with Crippen LogP contribution in [0.15, 0.2) is 41.4 Å². The number of amides is 1. The van der Waals surface area contributed by atoms with Crippen molar-refractivity contribution in [2.24, 2.45) is 5.92 Å². The Kier molecular flexibility index (Phi) is 9.10. The number of nitrogen functional groups attached to an aromatic ring is 1. The van der Waals surface area contributed by atoms with Crippen LogP contribution in [0.4, 0.5) is 20.2 Å². The molecule has 240 valence electrons. The van der Waals surface area contributed by atoms with Gasteiger partial charge >= 0.3 is 0 Å². The summed E-state index contributed by atoms with van der Waals surface area (Å²) in [4.78, 5) is 35.2. The van der Waals surface area contributed by atoms with E-state index in [1.807, 2.05) is 32.6 Å². The van der Waals surface area contributed by atoms with Gasteiger partial charge in [-0.25, -0.2) is 13.8 Å². The van der Waals surface area contributed by atoms with Crippen LogP contribution < -0.4 is 21.5 Å². The highest BCUT2D eigenvalue weighted by molar-refractivity contribution is 6.39. The maximum Gasteiger partial charge on any atom is 0.276 e. The number of piperazine rings is 1. The smallest absolute Gasteiger partial charge is 0.276 e. The van der Waals surface area contributed by atoms with Crippen molar-refractivity contribution >= 4 is 68.8 Å². The third-order valence-electron chi connectivity index (χ3n) is 8.35. The van der Waals surface area contributed by atoms with E-state index in [0.717, 1.165) is 5.57 Å². The number of hydrogen-bond donors (Lipinski definition) is 2. The molecule has 3 N–H and O–H groups in total. The Morgan fingerprint density at radius 1 is 1.24 bits per heavy atom. The van der Waals surface area contributed by atoms with Crippen LogP contribution in [-0.2, 0) is 4.79 Å². The Hall–Kier alpha value is -4.11. The Morgan fingerprint density at radius 3 is 2.54 bits per heavy atom. The van der Waals surface area contributed by atoms with Gasteiger partial charge < -0.3 is 20.9 Å². The second kappa shape index (κ2) is 12.6. The van der Waals surface area contributed by atoms with E-state index in [9.17, 15) is 23.6 Å². The molecule has 1 amide bonds. The maximum absolute atomic E-state index is 15.0. The molecule has 9 nitrogen and oxygen atoms in total. The lowest BCUT2D eigenvalue weighted by molar-refractivity contribution is -0.128. The Morgan fingerprint density at radius 2 is 1.93 bits per heavy atom. The first-order chi connectivity index (χ1) is 21.7. The molecule has 3 aromatic rings. The van der Waals surface area contributed by atoms with Crippen LogP contribution in [0.25, 0.3) is 28.0 Å². The molecule has 2 atom stereocenters. The predicted molar refractivity (Wildman–Crippen MR) is 179 cm³/mol. The molecule has 1 aromatic carbocycles. The van der Waals surface area contributed by atoms with Gasteiger partial charge in [0.1, 0.15) is 22.3 Å². The summed E-state index contributed by atoms with van der Waals surface area (Å²) >= 11 is 18.9. The van der Waals surface area contributed by atoms with Crippen LogP contribution in [0, 0.1) is 28.9 Å². The summed E-state index contributed by atoms with van der Waals surface area (Å²) in [5, 5.41) is 12.5. The SMILES string of the molecule is C=CC(=O)N1CCN(c2c(C#N)c(=O)n(C3=C(C)C=CNC3C(C)C)c3nc(-c4c(N)c(F)c(Cl)c(F)c4Cl)c(Cl)cc23)C[C@H]1C. The molecular weight excluding hydrogens is 659 g/mol. The minimum atomic E-state index is -1.25. The summed E-state index contributed by atoms with van der Waals surface area (Å²) in [6.45, 7) is 12.0. The summed E-state index contributed by atoms with van der Waals surface area (Å²) < 4.78 is 31.3. The highest BCUT2D eigenvalue weighted by atomic mass is 35.5. The van der Waals surface area contributed by atoms with Gasteiger partial charge in [-0.15, -0.1) is 0 Å². The molecular formula is C32H30Cl3F2N7O2. The number of dihydropyridines is 1. The van der Waals surface area contributed by atoms with E-state index in [0.29, 0.717) is 17.6 Å². The molecule has 14 heteroatoms. The molecule has 0 radical (unpaired) electrons. The Labute approximate surface area is 279 Å². The second-order valence-corrected chi connectivity index (χ2v) is 12.7. The summed E-state index contributed by atoms with van der Waals surface area (Å²) in [6, 6.07) is 2.90. The monoisotopic (exact) mass is 687 g/mol. The van der Waals surface area contributed by atoms with E-state index in [2.05, 4.69) is 18.0 Å². The molecule has 0 aliphatic carbocycles. The van der Waals surface area contributed by atoms with Gasteiger partial charge in [-0.3, -0.25) is 14.2 Å². The molecule has 0 spiro atoms. The number of rotatable bonds is 5. The zero-order valence-electron chi connectivity index (χ0n) is 25.4. The van der Waals surface area contributed by atoms with E-state index in [4.69, 9.17) is 45.5 Å². The first-order valence-corrected chi connectivity index (χ1v) is 15.5. The minimum absolute atomic E-state index is 0.0188. The predicted octanol–water partition coefficient (Wildman–Crippen LogP) is 6.35. The fourth-order valence-corrected chi connectivity index (χ4v) is 6.87. The second-order valence-electron chi connectivity index (χ2n) is 11.5. The van der Waals surface area contributed by atoms with Gasteiger partial charge in [-0.1, -0.05) is 55.2 Å². The number of pyridine rings is 2. The van der Waals surface area contributed by atoms with Crippen molar-refractivity contribution in [1.29, 1.82) is 5.26 Å². The number of hydrogen-bond acceptors (Lipinski definition) is 7. The number of carbonyl (C=O) groups excluding carboxylic acids is 1. The molecule has 0 bridgehead atoms. The number of anilines is 2. The van der Waals surface area contributed by atoms with Crippen molar-refractivity contribution in [3.05, 3.63) is 79.2 Å². The quantitative estimate of drug-likeness (QED) is 0.139. The van der Waals surface area contributed by atoms with Gasteiger partial charge in [0.05, 0.1) is 38.9 Å². The van der Waals surface area contributed by atoms with Gasteiger partial charge in [0.2, 0.25) is 5.91 Å². The summed E-state index contributed by atoms with van der Waals surface area (Å²) in [5.74, 6) is -2.74. The number of halogens is 5. The van der Waals surface area contributed by atoms with Crippen LogP contribution in [0.1, 0.15) is 33.3 Å². The van der Waals surface area contributed by atoms with Crippen LogP contribution in [0.2, 0.25) is 15.1 Å². The van der Waals surface area contributed by atoms with Crippen molar-refractivity contribution in [2.45, 2.75) is 39.8 Å².